The number of unbranched alkanes of at least 4 members (excludes halogenated alkanes) is 10. The lowest BCUT2D eigenvalue weighted by Gasteiger charge is -2.18. The first kappa shape index (κ1) is 48.6. The van der Waals surface area contributed by atoms with E-state index in [1.807, 2.05) is 0 Å². The Balaban J connectivity index is 2.29. The van der Waals surface area contributed by atoms with Crippen molar-refractivity contribution in [3.8, 4) is 0 Å². The van der Waals surface area contributed by atoms with E-state index in [4.69, 9.17) is 19.3 Å². The standard InChI is InChI=1S/C41H69O11P/c1-3-5-7-8-9-10-11-12-13-14-15-16-17-18-24-28-41(46)52-35(33-51-53(47,48)49)32-50-40(45)27-23-20-19-22-26-36-37(39(44)31-38(36)43)30-29-34(42)25-21-6-4-2/h5,7,9-10,12-13,29-30,34-37,39,42,44H,3-4,6,8,11,14-28,31-33H2,1-2H3,(H2,47,48,49)/b7-5-,10-9-,13-12-,30-29+/t34-,35+,36+,37+,39+/m0/s1. The number of aliphatic hydroxyl groups excluding tert-OH is 2. The highest BCUT2D eigenvalue weighted by Crippen LogP contribution is 2.36. The lowest BCUT2D eigenvalue weighted by atomic mass is 9.88. The molecule has 53 heavy (non-hydrogen) atoms. The quantitative estimate of drug-likeness (QED) is 0.0223. The topological polar surface area (TPSA) is 177 Å². The minimum Gasteiger partial charge on any atom is -0.462 e. The summed E-state index contributed by atoms with van der Waals surface area (Å²) in [5.41, 5.74) is 0. The maximum Gasteiger partial charge on any atom is 0.469 e. The van der Waals surface area contributed by atoms with Crippen LogP contribution in [0.4, 0.5) is 0 Å². The molecule has 12 heteroatoms. The first-order valence-electron chi connectivity index (χ1n) is 20.0. The smallest absolute Gasteiger partial charge is 0.462 e. The molecule has 0 aromatic carbocycles. The van der Waals surface area contributed by atoms with Gasteiger partial charge >= 0.3 is 19.8 Å². The van der Waals surface area contributed by atoms with Gasteiger partial charge in [0.25, 0.3) is 0 Å². The lowest BCUT2D eigenvalue weighted by Crippen LogP contribution is -2.29. The molecule has 1 fully saturated rings. The predicted molar refractivity (Wildman–Crippen MR) is 208 cm³/mol. The highest BCUT2D eigenvalue weighted by atomic mass is 31.2. The third-order valence-electron chi connectivity index (χ3n) is 9.23. The fourth-order valence-electron chi connectivity index (χ4n) is 6.22. The van der Waals surface area contributed by atoms with Gasteiger partial charge in [-0.1, -0.05) is 120 Å². The zero-order valence-corrected chi connectivity index (χ0v) is 33.3. The summed E-state index contributed by atoms with van der Waals surface area (Å²) >= 11 is 0. The second kappa shape index (κ2) is 30.9. The summed E-state index contributed by atoms with van der Waals surface area (Å²) in [5.74, 6) is -1.61. The van der Waals surface area contributed by atoms with Crippen molar-refractivity contribution in [3.05, 3.63) is 48.6 Å². The number of allylic oxidation sites excluding steroid dienone is 6. The summed E-state index contributed by atoms with van der Waals surface area (Å²) in [6.45, 7) is 3.24. The SMILES string of the molecule is CC/C=C\C/C=C\C/C=C\CCCCCCCC(=O)O[C@H](COC(=O)CCCCCC[C@H]1C(=O)C[C@@H](O)[C@@H]1/C=C/[C@@H](O)CCCCC)COP(=O)(O)O. The number of carbonyl (C=O) groups is 3. The third-order valence-corrected chi connectivity index (χ3v) is 9.71. The maximum atomic E-state index is 12.5. The Hall–Kier alpha value is -2.40. The molecule has 5 atom stereocenters. The van der Waals surface area contributed by atoms with Gasteiger partial charge in [-0.3, -0.25) is 18.9 Å². The van der Waals surface area contributed by atoms with Crippen LogP contribution in [-0.2, 0) is 32.9 Å². The highest BCUT2D eigenvalue weighted by molar-refractivity contribution is 7.46. The molecule has 0 radical (unpaired) electrons. The molecule has 0 unspecified atom stereocenters. The summed E-state index contributed by atoms with van der Waals surface area (Å²) in [6, 6.07) is 0. The number of Topliss-reactive ketones (excluding diaryl/α,β-unsaturated/α-hetero) is 1. The summed E-state index contributed by atoms with van der Waals surface area (Å²) in [5, 5.41) is 20.6. The third kappa shape index (κ3) is 26.9. The number of esters is 2. The molecule has 1 rings (SSSR count). The Labute approximate surface area is 318 Å². The normalized spacial score (nSPS) is 19.3. The van der Waals surface area contributed by atoms with Gasteiger partial charge in [-0.05, 0) is 57.8 Å². The molecule has 0 aromatic heterocycles. The summed E-state index contributed by atoms with van der Waals surface area (Å²) in [7, 11) is -4.82. The number of ether oxygens (including phenoxy) is 2. The summed E-state index contributed by atoms with van der Waals surface area (Å²) in [6.07, 6.45) is 30.2. The van der Waals surface area contributed by atoms with Crippen LogP contribution < -0.4 is 0 Å². The van der Waals surface area contributed by atoms with Gasteiger partial charge in [0.2, 0.25) is 0 Å². The van der Waals surface area contributed by atoms with Gasteiger partial charge in [-0.2, -0.15) is 0 Å². The van der Waals surface area contributed by atoms with Crippen molar-refractivity contribution in [2.24, 2.45) is 11.8 Å². The van der Waals surface area contributed by atoms with Crippen LogP contribution in [0.15, 0.2) is 48.6 Å². The molecule has 1 saturated carbocycles. The molecule has 0 aromatic rings. The largest absolute Gasteiger partial charge is 0.469 e. The van der Waals surface area contributed by atoms with Crippen LogP contribution in [0.3, 0.4) is 0 Å². The van der Waals surface area contributed by atoms with Crippen LogP contribution in [0, 0.1) is 11.8 Å². The lowest BCUT2D eigenvalue weighted by molar-refractivity contribution is -0.161. The predicted octanol–water partition coefficient (Wildman–Crippen LogP) is 8.54. The van der Waals surface area contributed by atoms with Crippen molar-refractivity contribution < 1.29 is 52.9 Å². The molecular formula is C41H69O11P. The van der Waals surface area contributed by atoms with E-state index in [2.05, 4.69) is 54.8 Å². The average molecular weight is 769 g/mol. The van der Waals surface area contributed by atoms with Crippen LogP contribution in [0.25, 0.3) is 0 Å². The van der Waals surface area contributed by atoms with Gasteiger partial charge in [-0.15, -0.1) is 0 Å². The van der Waals surface area contributed by atoms with Gasteiger partial charge in [0.05, 0.1) is 18.8 Å². The van der Waals surface area contributed by atoms with E-state index < -0.39 is 44.7 Å². The second-order valence-electron chi connectivity index (χ2n) is 14.0. The number of phosphoric acid groups is 1. The van der Waals surface area contributed by atoms with Crippen LogP contribution in [0.5, 0.6) is 0 Å². The van der Waals surface area contributed by atoms with Gasteiger partial charge in [0, 0.05) is 31.1 Å². The maximum absolute atomic E-state index is 12.5. The highest BCUT2D eigenvalue weighted by Gasteiger charge is 2.39. The van der Waals surface area contributed by atoms with E-state index >= 15 is 0 Å². The molecule has 0 amide bonds. The van der Waals surface area contributed by atoms with Crippen LogP contribution in [0.2, 0.25) is 0 Å². The van der Waals surface area contributed by atoms with Gasteiger partial charge in [0.15, 0.2) is 6.10 Å². The molecule has 1 aliphatic carbocycles. The monoisotopic (exact) mass is 768 g/mol. The van der Waals surface area contributed by atoms with E-state index in [1.165, 1.54) is 0 Å². The van der Waals surface area contributed by atoms with Crippen molar-refractivity contribution in [1.82, 2.24) is 0 Å². The second-order valence-corrected chi connectivity index (χ2v) is 15.2. The van der Waals surface area contributed by atoms with Gasteiger partial charge in [0.1, 0.15) is 12.4 Å². The van der Waals surface area contributed by atoms with Gasteiger partial charge in [-0.25, -0.2) is 4.57 Å². The number of aliphatic hydroxyl groups is 2. The van der Waals surface area contributed by atoms with Crippen LogP contribution in [0.1, 0.15) is 149 Å². The zero-order chi connectivity index (χ0) is 39.2. The van der Waals surface area contributed by atoms with Gasteiger partial charge < -0.3 is 29.5 Å². The molecule has 0 bridgehead atoms. The number of hydrogen-bond acceptors (Lipinski definition) is 9. The summed E-state index contributed by atoms with van der Waals surface area (Å²) < 4.78 is 26.3. The molecule has 0 aliphatic heterocycles. The Morgan fingerprint density at radius 3 is 2.11 bits per heavy atom. The average Bonchev–Trinajstić information content (AvgIpc) is 3.38. The van der Waals surface area contributed by atoms with Crippen molar-refractivity contribution in [2.45, 2.75) is 167 Å². The van der Waals surface area contributed by atoms with Crippen LogP contribution in [-0.4, -0.2) is 69.2 Å². The molecule has 0 saturated heterocycles. The first-order chi connectivity index (χ1) is 25.5. The number of carbonyl (C=O) groups excluding carboxylic acids is 3. The van der Waals surface area contributed by atoms with Crippen molar-refractivity contribution in [3.63, 3.8) is 0 Å². The molecule has 0 spiro atoms. The summed E-state index contributed by atoms with van der Waals surface area (Å²) in [4.78, 5) is 55.5. The molecule has 11 nitrogen and oxygen atoms in total. The molecule has 1 aliphatic rings. The van der Waals surface area contributed by atoms with Crippen molar-refractivity contribution in [1.29, 1.82) is 0 Å². The van der Waals surface area contributed by atoms with E-state index in [1.54, 1.807) is 12.2 Å². The Morgan fingerprint density at radius 2 is 1.43 bits per heavy atom. The first-order valence-corrected chi connectivity index (χ1v) is 21.6. The van der Waals surface area contributed by atoms with Crippen molar-refractivity contribution >= 4 is 25.5 Å². The van der Waals surface area contributed by atoms with E-state index in [9.17, 15) is 29.2 Å². The zero-order valence-electron chi connectivity index (χ0n) is 32.4. The van der Waals surface area contributed by atoms with Crippen molar-refractivity contribution in [2.75, 3.05) is 13.2 Å². The fraction of sp³-hybridized carbons (Fsp3) is 0.732. The Morgan fingerprint density at radius 1 is 0.811 bits per heavy atom. The number of hydrogen-bond donors (Lipinski definition) is 4. The minimum atomic E-state index is -4.82. The minimum absolute atomic E-state index is 0.0406. The molecule has 0 heterocycles. The molecule has 304 valence electrons. The molecule has 4 N–H and O–H groups in total. The Bertz CT molecular complexity index is 1160. The fourth-order valence-corrected chi connectivity index (χ4v) is 6.58. The van der Waals surface area contributed by atoms with E-state index in [-0.39, 0.29) is 43.5 Å². The number of phosphoric ester groups is 1. The van der Waals surface area contributed by atoms with Crippen LogP contribution >= 0.6 is 7.82 Å². The van der Waals surface area contributed by atoms with E-state index in [0.29, 0.717) is 25.7 Å². The number of ketones is 1. The Kier molecular flexibility index (Phi) is 28.3. The number of rotatable bonds is 32. The van der Waals surface area contributed by atoms with E-state index in [0.717, 1.165) is 89.9 Å². The molecular weight excluding hydrogens is 699 g/mol.